The van der Waals surface area contributed by atoms with Gasteiger partial charge in [-0.3, -0.25) is 14.5 Å². The first-order valence-electron chi connectivity index (χ1n) is 9.37. The summed E-state index contributed by atoms with van der Waals surface area (Å²) in [6.07, 6.45) is 0. The second-order valence-electron chi connectivity index (χ2n) is 7.12. The van der Waals surface area contributed by atoms with Crippen LogP contribution in [-0.2, 0) is 11.3 Å². The number of thiophene rings is 1. The van der Waals surface area contributed by atoms with E-state index in [1.165, 1.54) is 16.9 Å². The molecule has 1 fully saturated rings. The summed E-state index contributed by atoms with van der Waals surface area (Å²) in [5, 5.41) is 3.02. The van der Waals surface area contributed by atoms with Crippen LogP contribution in [0.25, 0.3) is 0 Å². The molecule has 1 N–H and O–H groups in total. The van der Waals surface area contributed by atoms with Gasteiger partial charge in [0.25, 0.3) is 5.91 Å². The van der Waals surface area contributed by atoms with E-state index in [2.05, 4.69) is 29.3 Å². The van der Waals surface area contributed by atoms with E-state index >= 15 is 0 Å². The molecule has 1 saturated heterocycles. The Morgan fingerprint density at radius 3 is 2.30 bits per heavy atom. The van der Waals surface area contributed by atoms with Crippen molar-refractivity contribution in [3.05, 3.63) is 57.3 Å². The minimum Gasteiger partial charge on any atom is -0.351 e. The highest BCUT2D eigenvalue weighted by molar-refractivity contribution is 7.13. The lowest BCUT2D eigenvalue weighted by atomic mass is 10.1. The number of benzene rings is 1. The molecule has 2 aromatic rings. The number of rotatable bonds is 5. The summed E-state index contributed by atoms with van der Waals surface area (Å²) in [6.45, 7) is 9.29. The number of nitrogens with one attached hydrogen (secondary N) is 1. The molecule has 2 amide bonds. The van der Waals surface area contributed by atoms with Crippen molar-refractivity contribution in [2.45, 2.75) is 33.4 Å². The Labute approximate surface area is 165 Å². The third kappa shape index (κ3) is 4.96. The lowest BCUT2D eigenvalue weighted by Crippen LogP contribution is -2.54. The second kappa shape index (κ2) is 8.67. The molecule has 3 rings (SSSR count). The number of hydrogen-bond acceptors (Lipinski definition) is 4. The van der Waals surface area contributed by atoms with Gasteiger partial charge in [0.15, 0.2) is 0 Å². The maximum Gasteiger partial charge on any atom is 0.264 e. The van der Waals surface area contributed by atoms with Crippen molar-refractivity contribution in [2.24, 2.45) is 0 Å². The average molecular weight is 386 g/mol. The van der Waals surface area contributed by atoms with Crippen LogP contribution >= 0.6 is 11.3 Å². The van der Waals surface area contributed by atoms with Crippen molar-refractivity contribution >= 4 is 23.2 Å². The minimum absolute atomic E-state index is 0.0317. The summed E-state index contributed by atoms with van der Waals surface area (Å²) in [6, 6.07) is 11.9. The van der Waals surface area contributed by atoms with Crippen LogP contribution in [-0.4, -0.2) is 53.8 Å². The monoisotopic (exact) mass is 385 g/mol. The third-order valence-corrected chi connectivity index (χ3v) is 6.06. The molecule has 0 saturated carbocycles. The van der Waals surface area contributed by atoms with Crippen LogP contribution in [0.15, 0.2) is 36.4 Å². The molecule has 27 heavy (non-hydrogen) atoms. The SMILES string of the molecule is Cc1ccc(CNC(=O)C(C)N2CCN(C(=O)c3ccc(C)s3)CC2)cc1. The summed E-state index contributed by atoms with van der Waals surface area (Å²) in [7, 11) is 0. The van der Waals surface area contributed by atoms with Crippen molar-refractivity contribution in [3.63, 3.8) is 0 Å². The van der Waals surface area contributed by atoms with E-state index in [-0.39, 0.29) is 17.9 Å². The van der Waals surface area contributed by atoms with E-state index in [1.54, 1.807) is 0 Å². The predicted octanol–water partition coefficient (Wildman–Crippen LogP) is 2.83. The Morgan fingerprint density at radius 1 is 1.04 bits per heavy atom. The van der Waals surface area contributed by atoms with Crippen LogP contribution < -0.4 is 5.32 Å². The van der Waals surface area contributed by atoms with E-state index in [9.17, 15) is 9.59 Å². The molecule has 1 unspecified atom stereocenters. The summed E-state index contributed by atoms with van der Waals surface area (Å²) < 4.78 is 0. The molecule has 0 spiro atoms. The molecule has 1 aromatic carbocycles. The number of carbonyl (C=O) groups is 2. The van der Waals surface area contributed by atoms with Gasteiger partial charge in [0.05, 0.1) is 10.9 Å². The van der Waals surface area contributed by atoms with E-state index in [4.69, 9.17) is 0 Å². The maximum absolute atomic E-state index is 12.5. The average Bonchev–Trinajstić information content (AvgIpc) is 3.12. The zero-order valence-corrected chi connectivity index (χ0v) is 17.0. The van der Waals surface area contributed by atoms with Crippen molar-refractivity contribution in [2.75, 3.05) is 26.2 Å². The van der Waals surface area contributed by atoms with Gasteiger partial charge in [-0.1, -0.05) is 29.8 Å². The summed E-state index contributed by atoms with van der Waals surface area (Å²) in [4.78, 5) is 31.0. The van der Waals surface area contributed by atoms with Gasteiger partial charge in [-0.25, -0.2) is 0 Å². The molecular weight excluding hydrogens is 358 g/mol. The highest BCUT2D eigenvalue weighted by Crippen LogP contribution is 2.18. The van der Waals surface area contributed by atoms with Crippen LogP contribution in [0, 0.1) is 13.8 Å². The molecule has 1 atom stereocenters. The molecule has 1 aliphatic heterocycles. The normalized spacial score (nSPS) is 16.2. The molecule has 1 aromatic heterocycles. The maximum atomic E-state index is 12.5. The lowest BCUT2D eigenvalue weighted by molar-refractivity contribution is -0.126. The fourth-order valence-corrected chi connectivity index (χ4v) is 4.06. The molecule has 0 aliphatic carbocycles. The molecule has 5 nitrogen and oxygen atoms in total. The van der Waals surface area contributed by atoms with Crippen molar-refractivity contribution in [1.29, 1.82) is 0 Å². The van der Waals surface area contributed by atoms with Crippen LogP contribution in [0.1, 0.15) is 32.6 Å². The zero-order chi connectivity index (χ0) is 19.4. The van der Waals surface area contributed by atoms with Crippen LogP contribution in [0.5, 0.6) is 0 Å². The molecule has 1 aliphatic rings. The first-order valence-corrected chi connectivity index (χ1v) is 10.2. The van der Waals surface area contributed by atoms with Gasteiger partial charge in [0.2, 0.25) is 5.91 Å². The topological polar surface area (TPSA) is 52.7 Å². The highest BCUT2D eigenvalue weighted by Gasteiger charge is 2.28. The van der Waals surface area contributed by atoms with Gasteiger partial charge < -0.3 is 10.2 Å². The van der Waals surface area contributed by atoms with Gasteiger partial charge >= 0.3 is 0 Å². The number of hydrogen-bond donors (Lipinski definition) is 1. The van der Waals surface area contributed by atoms with Gasteiger partial charge in [-0.15, -0.1) is 11.3 Å². The van der Waals surface area contributed by atoms with Crippen LogP contribution in [0.4, 0.5) is 0 Å². The van der Waals surface area contributed by atoms with E-state index in [0.717, 1.165) is 28.4 Å². The third-order valence-electron chi connectivity index (χ3n) is 5.07. The van der Waals surface area contributed by atoms with E-state index in [0.29, 0.717) is 19.6 Å². The van der Waals surface area contributed by atoms with Crippen molar-refractivity contribution in [1.82, 2.24) is 15.1 Å². The predicted molar refractivity (Wildman–Crippen MR) is 109 cm³/mol. The molecular formula is C21H27N3O2S. The molecule has 0 radical (unpaired) electrons. The molecule has 6 heteroatoms. The largest absolute Gasteiger partial charge is 0.351 e. The number of nitrogens with zero attached hydrogens (tertiary/aromatic N) is 2. The van der Waals surface area contributed by atoms with Gasteiger partial charge in [0, 0.05) is 37.6 Å². The Bertz CT molecular complexity index is 792. The smallest absolute Gasteiger partial charge is 0.264 e. The highest BCUT2D eigenvalue weighted by atomic mass is 32.1. The standard InChI is InChI=1S/C21H27N3O2S/c1-15-4-7-18(8-5-15)14-22-20(25)17(3)23-10-12-24(13-11-23)21(26)19-9-6-16(2)27-19/h4-9,17H,10-14H2,1-3H3,(H,22,25). The lowest BCUT2D eigenvalue weighted by Gasteiger charge is -2.37. The number of aryl methyl sites for hydroxylation is 2. The zero-order valence-electron chi connectivity index (χ0n) is 16.2. The van der Waals surface area contributed by atoms with E-state index < -0.39 is 0 Å². The summed E-state index contributed by atoms with van der Waals surface area (Å²) in [5.74, 6) is 0.133. The fraction of sp³-hybridized carbons (Fsp3) is 0.429. The van der Waals surface area contributed by atoms with Crippen molar-refractivity contribution in [3.8, 4) is 0 Å². The number of carbonyl (C=O) groups excluding carboxylic acids is 2. The molecule has 0 bridgehead atoms. The van der Waals surface area contributed by atoms with Gasteiger partial charge in [0.1, 0.15) is 0 Å². The van der Waals surface area contributed by atoms with Crippen LogP contribution in [0.2, 0.25) is 0 Å². The molecule has 2 heterocycles. The summed E-state index contributed by atoms with van der Waals surface area (Å²) >= 11 is 1.54. The number of piperazine rings is 1. The molecule has 144 valence electrons. The first-order chi connectivity index (χ1) is 12.9. The minimum atomic E-state index is -0.198. The van der Waals surface area contributed by atoms with E-state index in [1.807, 2.05) is 43.0 Å². The second-order valence-corrected chi connectivity index (χ2v) is 8.41. The Morgan fingerprint density at radius 2 is 1.70 bits per heavy atom. The Kier molecular flexibility index (Phi) is 6.29. The quantitative estimate of drug-likeness (QED) is 0.861. The first kappa shape index (κ1) is 19.6. The van der Waals surface area contributed by atoms with Crippen LogP contribution in [0.3, 0.4) is 0 Å². The number of amides is 2. The Hall–Kier alpha value is -2.18. The fourth-order valence-electron chi connectivity index (χ4n) is 3.23. The Balaban J connectivity index is 1.47. The summed E-state index contributed by atoms with van der Waals surface area (Å²) in [5.41, 5.74) is 2.31. The van der Waals surface area contributed by atoms with Gasteiger partial charge in [-0.05, 0) is 38.5 Å². The van der Waals surface area contributed by atoms with Crippen molar-refractivity contribution < 1.29 is 9.59 Å². The van der Waals surface area contributed by atoms with Gasteiger partial charge in [-0.2, -0.15) is 0 Å².